The summed E-state index contributed by atoms with van der Waals surface area (Å²) < 4.78 is 24.9. The third-order valence-electron chi connectivity index (χ3n) is 4.20. The summed E-state index contributed by atoms with van der Waals surface area (Å²) in [6.07, 6.45) is 2.65. The van der Waals surface area contributed by atoms with Crippen LogP contribution in [0.15, 0.2) is 47.6 Å². The molecule has 8 heteroatoms. The van der Waals surface area contributed by atoms with Gasteiger partial charge in [-0.25, -0.2) is 23.4 Å². The van der Waals surface area contributed by atoms with Crippen molar-refractivity contribution < 1.29 is 8.42 Å². The highest BCUT2D eigenvalue weighted by Gasteiger charge is 2.12. The van der Waals surface area contributed by atoms with E-state index in [1.54, 1.807) is 29.5 Å². The maximum Gasteiger partial charge on any atom is 0.175 e. The van der Waals surface area contributed by atoms with E-state index in [0.717, 1.165) is 20.9 Å². The Morgan fingerprint density at radius 3 is 2.56 bits per heavy atom. The fourth-order valence-electron chi connectivity index (χ4n) is 2.77. The first kappa shape index (κ1) is 17.8. The number of nitrogens with zero attached hydrogens (tertiary/aromatic N) is 3. The SMILES string of the molecule is CC(C)c1nc2ccc(Nc3ncnc4ccc(S(C)(=O)=O)cc34)cc2s1. The lowest BCUT2D eigenvalue weighted by Gasteiger charge is -2.09. The number of anilines is 2. The first-order valence-corrected chi connectivity index (χ1v) is 11.1. The minimum atomic E-state index is -3.31. The number of rotatable bonds is 4. The molecule has 0 bridgehead atoms. The highest BCUT2D eigenvalue weighted by Crippen LogP contribution is 2.31. The largest absolute Gasteiger partial charge is 0.340 e. The lowest BCUT2D eigenvalue weighted by Crippen LogP contribution is -2.00. The van der Waals surface area contributed by atoms with Crippen molar-refractivity contribution in [2.45, 2.75) is 24.7 Å². The van der Waals surface area contributed by atoms with Gasteiger partial charge < -0.3 is 5.32 Å². The van der Waals surface area contributed by atoms with Gasteiger partial charge in [0.1, 0.15) is 12.1 Å². The second kappa shape index (κ2) is 6.54. The smallest absolute Gasteiger partial charge is 0.175 e. The zero-order valence-electron chi connectivity index (χ0n) is 15.1. The van der Waals surface area contributed by atoms with Crippen molar-refractivity contribution in [3.05, 3.63) is 47.7 Å². The van der Waals surface area contributed by atoms with Crippen molar-refractivity contribution in [1.82, 2.24) is 15.0 Å². The summed E-state index contributed by atoms with van der Waals surface area (Å²) in [5.41, 5.74) is 2.52. The number of sulfone groups is 1. The van der Waals surface area contributed by atoms with Gasteiger partial charge >= 0.3 is 0 Å². The van der Waals surface area contributed by atoms with Gasteiger partial charge in [-0.15, -0.1) is 11.3 Å². The molecule has 2 heterocycles. The minimum Gasteiger partial charge on any atom is -0.340 e. The molecule has 0 saturated carbocycles. The first-order valence-electron chi connectivity index (χ1n) is 8.43. The van der Waals surface area contributed by atoms with E-state index in [0.29, 0.717) is 22.6 Å². The molecular formula is C19H18N4O2S2. The van der Waals surface area contributed by atoms with Crippen molar-refractivity contribution in [3.8, 4) is 0 Å². The van der Waals surface area contributed by atoms with Crippen LogP contribution in [0.3, 0.4) is 0 Å². The van der Waals surface area contributed by atoms with Crippen molar-refractivity contribution >= 4 is 53.8 Å². The molecule has 0 aliphatic rings. The molecule has 138 valence electrons. The molecule has 2 aromatic heterocycles. The van der Waals surface area contributed by atoms with Crippen LogP contribution in [0.2, 0.25) is 0 Å². The average Bonchev–Trinajstić information content (AvgIpc) is 3.04. The number of nitrogens with one attached hydrogen (secondary N) is 1. The topological polar surface area (TPSA) is 84.8 Å². The second-order valence-corrected chi connectivity index (χ2v) is 9.77. The van der Waals surface area contributed by atoms with E-state index >= 15 is 0 Å². The highest BCUT2D eigenvalue weighted by atomic mass is 32.2. The van der Waals surface area contributed by atoms with Gasteiger partial charge in [-0.3, -0.25) is 0 Å². The molecule has 2 aromatic carbocycles. The fourth-order valence-corrected chi connectivity index (χ4v) is 4.43. The minimum absolute atomic E-state index is 0.243. The van der Waals surface area contributed by atoms with Gasteiger partial charge in [0.05, 0.1) is 25.6 Å². The molecule has 0 amide bonds. The van der Waals surface area contributed by atoms with Crippen LogP contribution in [-0.4, -0.2) is 29.6 Å². The first-order chi connectivity index (χ1) is 12.8. The van der Waals surface area contributed by atoms with Gasteiger partial charge in [0, 0.05) is 23.2 Å². The molecule has 0 atom stereocenters. The van der Waals surface area contributed by atoms with E-state index in [1.165, 1.54) is 12.6 Å². The standard InChI is InChI=1S/C19H18N4O2S2/c1-11(2)19-23-16-6-4-12(8-17(16)26-19)22-18-14-9-13(27(3,24)25)5-7-15(14)20-10-21-18/h4-11H,1-3H3,(H,20,21,22). The Morgan fingerprint density at radius 2 is 1.81 bits per heavy atom. The Hall–Kier alpha value is -2.58. The molecule has 27 heavy (non-hydrogen) atoms. The zero-order chi connectivity index (χ0) is 19.2. The molecule has 6 nitrogen and oxygen atoms in total. The van der Waals surface area contributed by atoms with Crippen molar-refractivity contribution in [2.75, 3.05) is 11.6 Å². The summed E-state index contributed by atoms with van der Waals surface area (Å²) in [7, 11) is -3.31. The third-order valence-corrected chi connectivity index (χ3v) is 6.63. The van der Waals surface area contributed by atoms with Gasteiger partial charge in [0.15, 0.2) is 9.84 Å². The van der Waals surface area contributed by atoms with Crippen LogP contribution >= 0.6 is 11.3 Å². The van der Waals surface area contributed by atoms with Crippen LogP contribution in [0.25, 0.3) is 21.1 Å². The lowest BCUT2D eigenvalue weighted by molar-refractivity contribution is 0.602. The number of benzene rings is 2. The predicted molar refractivity (Wildman–Crippen MR) is 110 cm³/mol. The Morgan fingerprint density at radius 1 is 1.04 bits per heavy atom. The summed E-state index contributed by atoms with van der Waals surface area (Å²) in [6.45, 7) is 4.26. The van der Waals surface area contributed by atoms with E-state index < -0.39 is 9.84 Å². The predicted octanol–water partition coefficient (Wildman–Crippen LogP) is 4.51. The fraction of sp³-hybridized carbons (Fsp3) is 0.211. The molecular weight excluding hydrogens is 380 g/mol. The van der Waals surface area contributed by atoms with Crippen LogP contribution < -0.4 is 5.32 Å². The Bertz CT molecular complexity index is 1260. The molecule has 0 saturated heterocycles. The zero-order valence-corrected chi connectivity index (χ0v) is 16.7. The van der Waals surface area contributed by atoms with E-state index in [9.17, 15) is 8.42 Å². The van der Waals surface area contributed by atoms with Gasteiger partial charge in [-0.05, 0) is 36.4 Å². The van der Waals surface area contributed by atoms with Gasteiger partial charge in [0.2, 0.25) is 0 Å². The van der Waals surface area contributed by atoms with Crippen LogP contribution in [0.5, 0.6) is 0 Å². The Labute approximate surface area is 161 Å². The molecule has 0 aliphatic carbocycles. The molecule has 0 unspecified atom stereocenters. The number of thiazole rings is 1. The van der Waals surface area contributed by atoms with Gasteiger partial charge in [-0.2, -0.15) is 0 Å². The lowest BCUT2D eigenvalue weighted by atomic mass is 10.2. The monoisotopic (exact) mass is 398 g/mol. The molecule has 4 rings (SSSR count). The van der Waals surface area contributed by atoms with E-state index in [-0.39, 0.29) is 4.90 Å². The summed E-state index contributed by atoms with van der Waals surface area (Å²) >= 11 is 1.68. The molecule has 1 N–H and O–H groups in total. The van der Waals surface area contributed by atoms with Crippen molar-refractivity contribution in [3.63, 3.8) is 0 Å². The summed E-state index contributed by atoms with van der Waals surface area (Å²) in [5.74, 6) is 0.956. The maximum atomic E-state index is 11.9. The van der Waals surface area contributed by atoms with Crippen LogP contribution in [0.1, 0.15) is 24.8 Å². The molecule has 0 fully saturated rings. The Kier molecular flexibility index (Phi) is 4.32. The number of fused-ring (bicyclic) bond motifs is 2. The van der Waals surface area contributed by atoms with Crippen LogP contribution in [-0.2, 0) is 9.84 Å². The van der Waals surface area contributed by atoms with Gasteiger partial charge in [-0.1, -0.05) is 13.8 Å². The van der Waals surface area contributed by atoms with E-state index in [2.05, 4.69) is 34.1 Å². The summed E-state index contributed by atoms with van der Waals surface area (Å²) in [6, 6.07) is 10.8. The normalized spacial score (nSPS) is 12.1. The molecule has 4 aromatic rings. The maximum absolute atomic E-state index is 11.9. The second-order valence-electron chi connectivity index (χ2n) is 6.69. The summed E-state index contributed by atoms with van der Waals surface area (Å²) in [4.78, 5) is 13.4. The van der Waals surface area contributed by atoms with Gasteiger partial charge in [0.25, 0.3) is 0 Å². The number of aromatic nitrogens is 3. The average molecular weight is 399 g/mol. The molecule has 0 aliphatic heterocycles. The van der Waals surface area contributed by atoms with Crippen LogP contribution in [0.4, 0.5) is 11.5 Å². The van der Waals surface area contributed by atoms with Crippen molar-refractivity contribution in [1.29, 1.82) is 0 Å². The molecule has 0 spiro atoms. The number of hydrogen-bond acceptors (Lipinski definition) is 7. The third kappa shape index (κ3) is 3.50. The number of hydrogen-bond donors (Lipinski definition) is 1. The molecule has 0 radical (unpaired) electrons. The van der Waals surface area contributed by atoms with Crippen LogP contribution in [0, 0.1) is 0 Å². The van der Waals surface area contributed by atoms with E-state index in [1.807, 2.05) is 18.2 Å². The highest BCUT2D eigenvalue weighted by molar-refractivity contribution is 7.90. The van der Waals surface area contributed by atoms with E-state index in [4.69, 9.17) is 0 Å². The Balaban J connectivity index is 1.77. The quantitative estimate of drug-likeness (QED) is 0.544. The van der Waals surface area contributed by atoms with Crippen molar-refractivity contribution in [2.24, 2.45) is 0 Å². The summed E-state index contributed by atoms with van der Waals surface area (Å²) in [5, 5.41) is 5.05.